The molecule has 0 aromatic heterocycles. The molecule has 0 bridgehead atoms. The van der Waals surface area contributed by atoms with Gasteiger partial charge in [0.15, 0.2) is 0 Å². The summed E-state index contributed by atoms with van der Waals surface area (Å²) in [5, 5.41) is 5.77. The number of para-hydroxylation sites is 1. The lowest BCUT2D eigenvalue weighted by atomic mass is 9.88. The summed E-state index contributed by atoms with van der Waals surface area (Å²) in [6.45, 7) is 11.1. The minimum atomic E-state index is -0.945. The number of alkyl carbamates (subject to hydrolysis) is 1. The molecule has 0 radical (unpaired) electrons. The van der Waals surface area contributed by atoms with Crippen molar-refractivity contribution in [2.75, 3.05) is 11.1 Å². The summed E-state index contributed by atoms with van der Waals surface area (Å²) in [4.78, 5) is 42.2. The Balaban J connectivity index is 2.01. The number of nitrogens with one attached hydrogen (secondary N) is 2. The van der Waals surface area contributed by atoms with Crippen LogP contribution in [-0.2, 0) is 14.3 Å². The van der Waals surface area contributed by atoms with E-state index >= 15 is 0 Å². The van der Waals surface area contributed by atoms with Crippen LogP contribution in [0.5, 0.6) is 0 Å². The fourth-order valence-corrected chi connectivity index (χ4v) is 4.73. The zero-order valence-corrected chi connectivity index (χ0v) is 23.5. The predicted molar refractivity (Wildman–Crippen MR) is 150 cm³/mol. The van der Waals surface area contributed by atoms with Gasteiger partial charge in [0.05, 0.1) is 0 Å². The number of benzene rings is 2. The highest BCUT2D eigenvalue weighted by Gasteiger charge is 2.42. The van der Waals surface area contributed by atoms with Gasteiger partial charge in [-0.2, -0.15) is 12.6 Å². The number of thiol groups is 1. The quantitative estimate of drug-likeness (QED) is 0.398. The summed E-state index contributed by atoms with van der Waals surface area (Å²) in [7, 11) is 0. The second-order valence-electron chi connectivity index (χ2n) is 10.8. The maximum absolute atomic E-state index is 14.0. The molecule has 3 amide bonds. The van der Waals surface area contributed by atoms with Crippen LogP contribution in [0.4, 0.5) is 10.5 Å². The molecule has 2 aromatic carbocycles. The topological polar surface area (TPSA) is 87.7 Å². The summed E-state index contributed by atoms with van der Waals surface area (Å²) in [5.41, 5.74) is 3.62. The summed E-state index contributed by atoms with van der Waals surface area (Å²) >= 11 is 4.36. The Kier molecular flexibility index (Phi) is 9.29. The standard InChI is InChI=1S/C29H39N3O4S/c1-18-10-7-13-21(16-18)25(26(33)31-24-19(2)11-8-12-20(24)3)32(22-14-9-15-22)27(34)23(17-37)30-28(35)36-29(4,5)6/h7-8,10-13,16,22-23,25,37H,9,14-15,17H2,1-6H3,(H,30,35)(H,31,33). The predicted octanol–water partition coefficient (Wildman–Crippen LogP) is 5.50. The average Bonchev–Trinajstić information content (AvgIpc) is 2.77. The van der Waals surface area contributed by atoms with E-state index in [1.54, 1.807) is 25.7 Å². The van der Waals surface area contributed by atoms with Gasteiger partial charge in [0.25, 0.3) is 5.91 Å². The molecule has 2 aromatic rings. The van der Waals surface area contributed by atoms with Gasteiger partial charge in [-0.05, 0) is 77.5 Å². The average molecular weight is 526 g/mol. The molecule has 1 aliphatic rings. The van der Waals surface area contributed by atoms with Crippen molar-refractivity contribution >= 4 is 36.2 Å². The van der Waals surface area contributed by atoms with Gasteiger partial charge < -0.3 is 20.3 Å². The summed E-state index contributed by atoms with van der Waals surface area (Å²) in [5.74, 6) is -0.576. The number of hydrogen-bond acceptors (Lipinski definition) is 5. The van der Waals surface area contributed by atoms with Crippen LogP contribution in [0.3, 0.4) is 0 Å². The molecule has 200 valence electrons. The second kappa shape index (κ2) is 12.0. The summed E-state index contributed by atoms with van der Waals surface area (Å²) in [6, 6.07) is 11.6. The van der Waals surface area contributed by atoms with Crippen LogP contribution in [-0.4, -0.2) is 46.2 Å². The summed E-state index contributed by atoms with van der Waals surface area (Å²) in [6.07, 6.45) is 1.85. The van der Waals surface area contributed by atoms with Crippen LogP contribution >= 0.6 is 12.6 Å². The van der Waals surface area contributed by atoms with Crippen LogP contribution in [0.15, 0.2) is 42.5 Å². The molecular weight excluding hydrogens is 486 g/mol. The Hall–Kier alpha value is -3.00. The van der Waals surface area contributed by atoms with Crippen molar-refractivity contribution in [3.63, 3.8) is 0 Å². The molecule has 2 atom stereocenters. The molecule has 2 unspecified atom stereocenters. The molecule has 3 rings (SSSR count). The number of ether oxygens (including phenoxy) is 1. The van der Waals surface area contributed by atoms with E-state index in [1.807, 2.05) is 63.2 Å². The van der Waals surface area contributed by atoms with E-state index in [2.05, 4.69) is 23.3 Å². The van der Waals surface area contributed by atoms with Gasteiger partial charge in [-0.15, -0.1) is 0 Å². The van der Waals surface area contributed by atoms with Crippen LogP contribution in [0.1, 0.15) is 68.3 Å². The van der Waals surface area contributed by atoms with Gasteiger partial charge >= 0.3 is 6.09 Å². The number of nitrogens with zero attached hydrogens (tertiary/aromatic N) is 1. The zero-order chi connectivity index (χ0) is 27.3. The van der Waals surface area contributed by atoms with E-state index < -0.39 is 23.8 Å². The number of aryl methyl sites for hydroxylation is 3. The van der Waals surface area contributed by atoms with Crippen LogP contribution in [0.25, 0.3) is 0 Å². The normalized spacial score (nSPS) is 15.2. The minimum absolute atomic E-state index is 0.0698. The molecule has 1 saturated carbocycles. The third-order valence-electron chi connectivity index (χ3n) is 6.51. The van der Waals surface area contributed by atoms with Gasteiger partial charge in [-0.1, -0.05) is 48.0 Å². The number of rotatable bonds is 8. The summed E-state index contributed by atoms with van der Waals surface area (Å²) < 4.78 is 5.38. The van der Waals surface area contributed by atoms with Crippen molar-refractivity contribution in [3.05, 3.63) is 64.7 Å². The molecule has 2 N–H and O–H groups in total. The lowest BCUT2D eigenvalue weighted by Crippen LogP contribution is -2.57. The molecule has 1 aliphatic carbocycles. The molecule has 0 aliphatic heterocycles. The van der Waals surface area contributed by atoms with Crippen LogP contribution < -0.4 is 10.6 Å². The van der Waals surface area contributed by atoms with Gasteiger partial charge in [-0.3, -0.25) is 9.59 Å². The smallest absolute Gasteiger partial charge is 0.408 e. The first-order valence-corrected chi connectivity index (χ1v) is 13.4. The van der Waals surface area contributed by atoms with Gasteiger partial charge in [0.2, 0.25) is 5.91 Å². The first kappa shape index (κ1) is 28.6. The fraction of sp³-hybridized carbons (Fsp3) is 0.483. The first-order chi connectivity index (χ1) is 17.4. The molecule has 0 saturated heterocycles. The molecule has 1 fully saturated rings. The number of carbonyl (C=O) groups is 3. The zero-order valence-electron chi connectivity index (χ0n) is 22.6. The molecule has 0 spiro atoms. The van der Waals surface area contributed by atoms with E-state index in [-0.39, 0.29) is 23.6 Å². The number of hydrogen-bond donors (Lipinski definition) is 3. The minimum Gasteiger partial charge on any atom is -0.444 e. The maximum atomic E-state index is 14.0. The van der Waals surface area contributed by atoms with Crippen LogP contribution in [0, 0.1) is 20.8 Å². The highest BCUT2D eigenvalue weighted by atomic mass is 32.1. The van der Waals surface area contributed by atoms with Crippen molar-refractivity contribution in [1.82, 2.24) is 10.2 Å². The lowest BCUT2D eigenvalue weighted by Gasteiger charge is -2.43. The van der Waals surface area contributed by atoms with Crippen molar-refractivity contribution in [3.8, 4) is 0 Å². The van der Waals surface area contributed by atoms with E-state index in [9.17, 15) is 14.4 Å². The highest BCUT2D eigenvalue weighted by Crippen LogP contribution is 2.35. The monoisotopic (exact) mass is 525 g/mol. The SMILES string of the molecule is Cc1cccc(C(C(=O)Nc2c(C)cccc2C)N(C(=O)C(CS)NC(=O)OC(C)(C)C)C2CCC2)c1. The number of anilines is 1. The molecule has 37 heavy (non-hydrogen) atoms. The first-order valence-electron chi connectivity index (χ1n) is 12.8. The van der Waals surface area contributed by atoms with Crippen molar-refractivity contribution in [1.29, 1.82) is 0 Å². The van der Waals surface area contributed by atoms with Gasteiger partial charge in [0, 0.05) is 17.5 Å². The second-order valence-corrected chi connectivity index (χ2v) is 11.1. The third kappa shape index (κ3) is 7.28. The number of amides is 3. The third-order valence-corrected chi connectivity index (χ3v) is 6.87. The molecule has 7 nitrogen and oxygen atoms in total. The Morgan fingerprint density at radius 2 is 1.68 bits per heavy atom. The maximum Gasteiger partial charge on any atom is 0.408 e. The Labute approximate surface area is 225 Å². The van der Waals surface area contributed by atoms with Crippen molar-refractivity contribution in [2.24, 2.45) is 0 Å². The van der Waals surface area contributed by atoms with E-state index in [0.717, 1.165) is 47.2 Å². The van der Waals surface area contributed by atoms with E-state index in [4.69, 9.17) is 4.74 Å². The molecule has 8 heteroatoms. The van der Waals surface area contributed by atoms with E-state index in [0.29, 0.717) is 0 Å². The molecular formula is C29H39N3O4S. The van der Waals surface area contributed by atoms with Crippen LogP contribution in [0.2, 0.25) is 0 Å². The van der Waals surface area contributed by atoms with Gasteiger partial charge in [0.1, 0.15) is 17.7 Å². The Morgan fingerprint density at radius 3 is 2.19 bits per heavy atom. The molecule has 0 heterocycles. The lowest BCUT2D eigenvalue weighted by molar-refractivity contribution is -0.145. The Bertz CT molecular complexity index is 1120. The fourth-order valence-electron chi connectivity index (χ4n) is 4.48. The number of carbonyl (C=O) groups excluding carboxylic acids is 3. The van der Waals surface area contributed by atoms with Gasteiger partial charge in [-0.25, -0.2) is 4.79 Å². The highest BCUT2D eigenvalue weighted by molar-refractivity contribution is 7.80. The largest absolute Gasteiger partial charge is 0.444 e. The van der Waals surface area contributed by atoms with Crippen molar-refractivity contribution in [2.45, 2.75) is 84.5 Å². The van der Waals surface area contributed by atoms with E-state index in [1.165, 1.54) is 0 Å². The van der Waals surface area contributed by atoms with Crippen molar-refractivity contribution < 1.29 is 19.1 Å². The Morgan fingerprint density at radius 1 is 1.05 bits per heavy atom.